The first-order valence-corrected chi connectivity index (χ1v) is 10.3. The van der Waals surface area contributed by atoms with Crippen LogP contribution in [0.5, 0.6) is 17.4 Å². The van der Waals surface area contributed by atoms with Crippen LogP contribution in [0.2, 0.25) is 5.02 Å². The van der Waals surface area contributed by atoms with Crippen molar-refractivity contribution in [3.8, 4) is 28.8 Å². The zero-order valence-electron chi connectivity index (χ0n) is 17.3. The number of nitrogens with one attached hydrogen (secondary N) is 1. The fourth-order valence-electron chi connectivity index (χ4n) is 3.04. The molecule has 0 atom stereocenters. The monoisotopic (exact) mass is 445 g/mol. The number of nitrogens with zero attached hydrogens (tertiary/aromatic N) is 2. The number of carbonyl (C=O) groups is 1. The van der Waals surface area contributed by atoms with Crippen LogP contribution in [0.4, 0.5) is 0 Å². The highest BCUT2D eigenvalue weighted by molar-refractivity contribution is 6.30. The molecule has 0 saturated heterocycles. The molecule has 3 aromatic carbocycles. The summed E-state index contributed by atoms with van der Waals surface area (Å²) < 4.78 is 11.2. The van der Waals surface area contributed by atoms with E-state index in [4.69, 9.17) is 21.1 Å². The molecule has 1 amide bonds. The third kappa shape index (κ3) is 5.22. The van der Waals surface area contributed by atoms with Gasteiger partial charge in [-0.25, -0.2) is 4.98 Å². The molecule has 0 aliphatic carbocycles. The van der Waals surface area contributed by atoms with Gasteiger partial charge in [-0.2, -0.15) is 4.98 Å². The summed E-state index contributed by atoms with van der Waals surface area (Å²) in [5.74, 6) is 1.78. The van der Waals surface area contributed by atoms with E-state index in [1.165, 1.54) is 0 Å². The van der Waals surface area contributed by atoms with Crippen molar-refractivity contribution in [2.24, 2.45) is 0 Å². The molecule has 1 heterocycles. The first-order chi connectivity index (χ1) is 15.6. The average molecular weight is 446 g/mol. The number of aromatic nitrogens is 2. The summed E-state index contributed by atoms with van der Waals surface area (Å²) in [4.78, 5) is 21.4. The van der Waals surface area contributed by atoms with Crippen LogP contribution in [-0.4, -0.2) is 23.0 Å². The Morgan fingerprint density at radius 1 is 0.969 bits per heavy atom. The molecule has 32 heavy (non-hydrogen) atoms. The highest BCUT2D eigenvalue weighted by Gasteiger charge is 2.11. The van der Waals surface area contributed by atoms with Crippen molar-refractivity contribution in [2.75, 3.05) is 7.11 Å². The Balaban J connectivity index is 1.49. The molecule has 0 fully saturated rings. The van der Waals surface area contributed by atoms with Gasteiger partial charge in [0.2, 0.25) is 5.88 Å². The van der Waals surface area contributed by atoms with E-state index in [0.717, 1.165) is 5.56 Å². The quantitative estimate of drug-likeness (QED) is 0.405. The van der Waals surface area contributed by atoms with Crippen molar-refractivity contribution in [2.45, 2.75) is 6.54 Å². The molecule has 1 aromatic heterocycles. The second kappa shape index (κ2) is 9.94. The number of hydrogen-bond acceptors (Lipinski definition) is 5. The third-order valence-electron chi connectivity index (χ3n) is 4.66. The van der Waals surface area contributed by atoms with Crippen LogP contribution < -0.4 is 14.8 Å². The molecule has 4 rings (SSSR count). The number of amides is 1. The Bertz CT molecular complexity index is 1230. The standard InChI is InChI=1S/C25H20ClN3O3/c1-31-21-7-2-3-8-22(21)32-23-13-14-27-24(29-23)18-5-4-6-19(15-18)25(30)28-16-17-9-11-20(26)12-10-17/h2-15H,16H2,1H3,(H,28,30). The van der Waals surface area contributed by atoms with Crippen LogP contribution in [0.25, 0.3) is 11.4 Å². The molecule has 0 aliphatic rings. The van der Waals surface area contributed by atoms with Crippen LogP contribution in [0.3, 0.4) is 0 Å². The maximum atomic E-state index is 12.6. The van der Waals surface area contributed by atoms with E-state index < -0.39 is 0 Å². The molecule has 6 nitrogen and oxygen atoms in total. The Kier molecular flexibility index (Phi) is 6.63. The van der Waals surface area contributed by atoms with Crippen molar-refractivity contribution < 1.29 is 14.3 Å². The molecule has 0 aliphatic heterocycles. The van der Waals surface area contributed by atoms with Crippen LogP contribution >= 0.6 is 11.6 Å². The van der Waals surface area contributed by atoms with E-state index >= 15 is 0 Å². The van der Waals surface area contributed by atoms with Crippen LogP contribution in [0.15, 0.2) is 85.1 Å². The molecular formula is C25H20ClN3O3. The first kappa shape index (κ1) is 21.3. The zero-order chi connectivity index (χ0) is 22.3. The predicted molar refractivity (Wildman–Crippen MR) is 123 cm³/mol. The van der Waals surface area contributed by atoms with E-state index in [1.807, 2.05) is 36.4 Å². The molecule has 0 radical (unpaired) electrons. The minimum Gasteiger partial charge on any atom is -0.493 e. The summed E-state index contributed by atoms with van der Waals surface area (Å²) in [5.41, 5.74) is 2.18. The van der Waals surface area contributed by atoms with E-state index in [0.29, 0.717) is 45.9 Å². The van der Waals surface area contributed by atoms with Gasteiger partial charge >= 0.3 is 0 Å². The molecule has 0 unspecified atom stereocenters. The smallest absolute Gasteiger partial charge is 0.251 e. The number of hydrogen-bond donors (Lipinski definition) is 1. The van der Waals surface area contributed by atoms with Gasteiger partial charge in [-0.3, -0.25) is 4.79 Å². The molecule has 160 valence electrons. The van der Waals surface area contributed by atoms with Crippen molar-refractivity contribution in [1.29, 1.82) is 0 Å². The lowest BCUT2D eigenvalue weighted by atomic mass is 10.1. The van der Waals surface area contributed by atoms with Gasteiger partial charge in [0.1, 0.15) is 0 Å². The maximum Gasteiger partial charge on any atom is 0.251 e. The maximum absolute atomic E-state index is 12.6. The fourth-order valence-corrected chi connectivity index (χ4v) is 3.17. The summed E-state index contributed by atoms with van der Waals surface area (Å²) >= 11 is 5.90. The highest BCUT2D eigenvalue weighted by atomic mass is 35.5. The zero-order valence-corrected chi connectivity index (χ0v) is 18.0. The minimum absolute atomic E-state index is 0.191. The number of methoxy groups -OCH3 is 1. The van der Waals surface area contributed by atoms with Gasteiger partial charge in [0.25, 0.3) is 5.91 Å². The SMILES string of the molecule is COc1ccccc1Oc1ccnc(-c2cccc(C(=O)NCc3ccc(Cl)cc3)c2)n1. The van der Waals surface area contributed by atoms with Gasteiger partial charge < -0.3 is 14.8 Å². The van der Waals surface area contributed by atoms with Gasteiger partial charge in [-0.05, 0) is 42.0 Å². The molecule has 0 spiro atoms. The summed E-state index contributed by atoms with van der Waals surface area (Å²) in [6.07, 6.45) is 1.61. The van der Waals surface area contributed by atoms with Crippen molar-refractivity contribution in [1.82, 2.24) is 15.3 Å². The van der Waals surface area contributed by atoms with Gasteiger partial charge in [0.15, 0.2) is 17.3 Å². The van der Waals surface area contributed by atoms with Crippen molar-refractivity contribution in [3.05, 3.63) is 101 Å². The van der Waals surface area contributed by atoms with Crippen LogP contribution in [-0.2, 0) is 6.54 Å². The van der Waals surface area contributed by atoms with Crippen LogP contribution in [0, 0.1) is 0 Å². The lowest BCUT2D eigenvalue weighted by Gasteiger charge is -2.10. The Morgan fingerprint density at radius 3 is 2.53 bits per heavy atom. The number of halogens is 1. The number of para-hydroxylation sites is 2. The molecule has 7 heteroatoms. The number of carbonyl (C=O) groups excluding carboxylic acids is 1. The fraction of sp³-hybridized carbons (Fsp3) is 0.0800. The summed E-state index contributed by atoms with van der Waals surface area (Å²) in [6.45, 7) is 0.402. The molecular weight excluding hydrogens is 426 g/mol. The average Bonchev–Trinajstić information content (AvgIpc) is 2.84. The Hall–Kier alpha value is -3.90. The number of benzene rings is 3. The highest BCUT2D eigenvalue weighted by Crippen LogP contribution is 2.30. The first-order valence-electron chi connectivity index (χ1n) is 9.89. The van der Waals surface area contributed by atoms with Gasteiger partial charge in [-0.1, -0.05) is 48.0 Å². The second-order valence-electron chi connectivity index (χ2n) is 6.86. The van der Waals surface area contributed by atoms with E-state index in [2.05, 4.69) is 15.3 Å². The molecule has 1 N–H and O–H groups in total. The Labute approximate surface area is 190 Å². The van der Waals surface area contributed by atoms with Gasteiger partial charge in [-0.15, -0.1) is 0 Å². The largest absolute Gasteiger partial charge is 0.493 e. The molecule has 4 aromatic rings. The molecule has 0 bridgehead atoms. The number of ether oxygens (including phenoxy) is 2. The van der Waals surface area contributed by atoms with E-state index in [9.17, 15) is 4.79 Å². The third-order valence-corrected chi connectivity index (χ3v) is 4.91. The normalized spacial score (nSPS) is 10.4. The summed E-state index contributed by atoms with van der Waals surface area (Å²) in [6, 6.07) is 23.5. The summed E-state index contributed by atoms with van der Waals surface area (Å²) in [7, 11) is 1.58. The number of rotatable bonds is 7. The molecule has 0 saturated carbocycles. The lowest BCUT2D eigenvalue weighted by molar-refractivity contribution is 0.0951. The minimum atomic E-state index is -0.191. The van der Waals surface area contributed by atoms with E-state index in [-0.39, 0.29) is 5.91 Å². The van der Waals surface area contributed by atoms with Crippen LogP contribution in [0.1, 0.15) is 15.9 Å². The lowest BCUT2D eigenvalue weighted by Crippen LogP contribution is -2.22. The Morgan fingerprint density at radius 2 is 1.75 bits per heavy atom. The van der Waals surface area contributed by atoms with Gasteiger partial charge in [0.05, 0.1) is 7.11 Å². The van der Waals surface area contributed by atoms with E-state index in [1.54, 1.807) is 55.8 Å². The van der Waals surface area contributed by atoms with Crippen molar-refractivity contribution >= 4 is 17.5 Å². The van der Waals surface area contributed by atoms with Gasteiger partial charge in [0, 0.05) is 35.0 Å². The summed E-state index contributed by atoms with van der Waals surface area (Å²) in [5, 5.41) is 3.57. The topological polar surface area (TPSA) is 73.3 Å². The predicted octanol–water partition coefficient (Wildman–Crippen LogP) is 5.53. The van der Waals surface area contributed by atoms with Crippen molar-refractivity contribution in [3.63, 3.8) is 0 Å². The second-order valence-corrected chi connectivity index (χ2v) is 7.30.